The Morgan fingerprint density at radius 2 is 1.72 bits per heavy atom. The van der Waals surface area contributed by atoms with Gasteiger partial charge < -0.3 is 5.32 Å². The number of hydrogen-bond donors (Lipinski definition) is 1. The van der Waals surface area contributed by atoms with Gasteiger partial charge in [0.05, 0.1) is 11.4 Å². The fourth-order valence-electron chi connectivity index (χ4n) is 1.41. The molecule has 0 aliphatic rings. The predicted octanol–water partition coefficient (Wildman–Crippen LogP) is 3.56. The van der Waals surface area contributed by atoms with Crippen molar-refractivity contribution < 1.29 is 9.18 Å². The summed E-state index contributed by atoms with van der Waals surface area (Å²) in [7, 11) is 0. The molecule has 0 aliphatic carbocycles. The predicted molar refractivity (Wildman–Crippen MR) is 72.2 cm³/mol. The summed E-state index contributed by atoms with van der Waals surface area (Å²) in [6.07, 6.45) is 0. The number of amides is 1. The van der Waals surface area contributed by atoms with Crippen molar-refractivity contribution in [3.63, 3.8) is 0 Å². The van der Waals surface area contributed by atoms with E-state index >= 15 is 0 Å². The lowest BCUT2D eigenvalue weighted by Gasteiger charge is -2.05. The zero-order valence-corrected chi connectivity index (χ0v) is 10.4. The molecule has 0 fully saturated rings. The minimum atomic E-state index is -0.421. The zero-order chi connectivity index (χ0) is 12.8. The molecule has 0 unspecified atom stereocenters. The van der Waals surface area contributed by atoms with Crippen LogP contribution < -0.4 is 5.32 Å². The number of benzene rings is 2. The Balaban J connectivity index is 1.88. The smallest absolute Gasteiger partial charge is 0.234 e. The molecule has 0 heterocycles. The van der Waals surface area contributed by atoms with Gasteiger partial charge in [0.1, 0.15) is 5.82 Å². The first-order valence-electron chi connectivity index (χ1n) is 5.48. The molecule has 92 valence electrons. The van der Waals surface area contributed by atoms with Gasteiger partial charge in [-0.2, -0.15) is 0 Å². The van der Waals surface area contributed by atoms with E-state index in [0.29, 0.717) is 0 Å². The van der Waals surface area contributed by atoms with Gasteiger partial charge in [0.25, 0.3) is 0 Å². The summed E-state index contributed by atoms with van der Waals surface area (Å²) < 4.78 is 13.3. The number of carbonyl (C=O) groups excluding carboxylic acids is 1. The van der Waals surface area contributed by atoms with Crippen LogP contribution in [0.5, 0.6) is 0 Å². The highest BCUT2D eigenvalue weighted by Gasteiger charge is 2.06. The van der Waals surface area contributed by atoms with E-state index in [-0.39, 0.29) is 17.3 Å². The average molecular weight is 261 g/mol. The Labute approximate surface area is 109 Å². The maximum absolute atomic E-state index is 13.3. The van der Waals surface area contributed by atoms with Crippen LogP contribution in [-0.4, -0.2) is 11.7 Å². The molecule has 0 spiro atoms. The highest BCUT2D eigenvalue weighted by molar-refractivity contribution is 8.00. The Kier molecular flexibility index (Phi) is 4.36. The van der Waals surface area contributed by atoms with Crippen molar-refractivity contribution in [2.24, 2.45) is 0 Å². The molecule has 0 aliphatic heterocycles. The van der Waals surface area contributed by atoms with E-state index in [2.05, 4.69) is 5.32 Å². The minimum Gasteiger partial charge on any atom is -0.323 e. The lowest BCUT2D eigenvalue weighted by Crippen LogP contribution is -2.14. The summed E-state index contributed by atoms with van der Waals surface area (Å²) in [5.41, 5.74) is 0.219. The lowest BCUT2D eigenvalue weighted by atomic mass is 10.3. The Morgan fingerprint density at radius 1 is 1.06 bits per heavy atom. The maximum Gasteiger partial charge on any atom is 0.234 e. The van der Waals surface area contributed by atoms with Crippen LogP contribution in [0.15, 0.2) is 59.5 Å². The Bertz CT molecular complexity index is 530. The van der Waals surface area contributed by atoms with Gasteiger partial charge in [-0.25, -0.2) is 4.39 Å². The molecule has 0 atom stereocenters. The molecule has 2 rings (SSSR count). The number of thioether (sulfide) groups is 1. The molecule has 2 nitrogen and oxygen atoms in total. The van der Waals surface area contributed by atoms with Crippen molar-refractivity contribution in [1.82, 2.24) is 0 Å². The largest absolute Gasteiger partial charge is 0.323 e. The van der Waals surface area contributed by atoms with Gasteiger partial charge in [0.2, 0.25) is 5.91 Å². The minimum absolute atomic E-state index is 0.214. The second-order valence-electron chi connectivity index (χ2n) is 3.63. The number of anilines is 1. The average Bonchev–Trinajstić information content (AvgIpc) is 2.40. The molecule has 0 saturated heterocycles. The normalized spacial score (nSPS) is 10.1. The molecular weight excluding hydrogens is 249 g/mol. The topological polar surface area (TPSA) is 29.1 Å². The second-order valence-corrected chi connectivity index (χ2v) is 4.68. The third-order valence-corrected chi connectivity index (χ3v) is 3.27. The summed E-state index contributed by atoms with van der Waals surface area (Å²) in [6.45, 7) is 0. The standard InChI is InChI=1S/C14H12FNOS/c15-12-8-4-5-9-13(12)16-14(17)10-18-11-6-2-1-3-7-11/h1-9H,10H2,(H,16,17). The first-order valence-corrected chi connectivity index (χ1v) is 6.46. The van der Waals surface area contributed by atoms with E-state index in [4.69, 9.17) is 0 Å². The van der Waals surface area contributed by atoms with E-state index in [1.54, 1.807) is 18.2 Å². The third kappa shape index (κ3) is 3.60. The summed E-state index contributed by atoms with van der Waals surface area (Å²) in [5.74, 6) is -0.372. The fraction of sp³-hybridized carbons (Fsp3) is 0.0714. The lowest BCUT2D eigenvalue weighted by molar-refractivity contribution is -0.113. The van der Waals surface area contributed by atoms with Gasteiger partial charge in [-0.15, -0.1) is 11.8 Å². The van der Waals surface area contributed by atoms with Crippen LogP contribution in [0.4, 0.5) is 10.1 Å². The van der Waals surface area contributed by atoms with Gasteiger partial charge in [0.15, 0.2) is 0 Å². The second kappa shape index (κ2) is 6.21. The van der Waals surface area contributed by atoms with Crippen molar-refractivity contribution in [3.05, 3.63) is 60.4 Å². The molecule has 0 radical (unpaired) electrons. The number of para-hydroxylation sites is 1. The van der Waals surface area contributed by atoms with Crippen molar-refractivity contribution in [1.29, 1.82) is 0 Å². The number of hydrogen-bond acceptors (Lipinski definition) is 2. The van der Waals surface area contributed by atoms with E-state index < -0.39 is 5.82 Å². The molecule has 4 heteroatoms. The van der Waals surface area contributed by atoms with Crippen LogP contribution in [0.3, 0.4) is 0 Å². The van der Waals surface area contributed by atoms with Crippen molar-refractivity contribution in [2.75, 3.05) is 11.1 Å². The van der Waals surface area contributed by atoms with Gasteiger partial charge >= 0.3 is 0 Å². The highest BCUT2D eigenvalue weighted by Crippen LogP contribution is 2.18. The van der Waals surface area contributed by atoms with Gasteiger partial charge in [-0.05, 0) is 24.3 Å². The summed E-state index contributed by atoms with van der Waals surface area (Å²) in [5, 5.41) is 2.55. The summed E-state index contributed by atoms with van der Waals surface area (Å²) in [6, 6.07) is 15.7. The van der Waals surface area contributed by atoms with Crippen LogP contribution in [0.2, 0.25) is 0 Å². The van der Waals surface area contributed by atoms with Crippen LogP contribution in [0.25, 0.3) is 0 Å². The van der Waals surface area contributed by atoms with E-state index in [9.17, 15) is 9.18 Å². The zero-order valence-electron chi connectivity index (χ0n) is 9.60. The molecule has 18 heavy (non-hydrogen) atoms. The van der Waals surface area contributed by atoms with Gasteiger partial charge in [-0.3, -0.25) is 4.79 Å². The first kappa shape index (κ1) is 12.6. The molecule has 0 saturated carbocycles. The van der Waals surface area contributed by atoms with Crippen LogP contribution in [0, 0.1) is 5.82 Å². The monoisotopic (exact) mass is 261 g/mol. The van der Waals surface area contributed by atoms with Crippen molar-refractivity contribution in [3.8, 4) is 0 Å². The third-order valence-electron chi connectivity index (χ3n) is 2.26. The molecule has 2 aromatic carbocycles. The van der Waals surface area contributed by atoms with Crippen molar-refractivity contribution >= 4 is 23.4 Å². The van der Waals surface area contributed by atoms with E-state index in [0.717, 1.165) is 4.90 Å². The molecule has 0 bridgehead atoms. The first-order chi connectivity index (χ1) is 8.75. The summed E-state index contributed by atoms with van der Waals surface area (Å²) >= 11 is 1.42. The highest BCUT2D eigenvalue weighted by atomic mass is 32.2. The summed E-state index contributed by atoms with van der Waals surface area (Å²) in [4.78, 5) is 12.7. The van der Waals surface area contributed by atoms with E-state index in [1.165, 1.54) is 17.8 Å². The molecule has 1 amide bonds. The van der Waals surface area contributed by atoms with Crippen molar-refractivity contribution in [2.45, 2.75) is 4.90 Å². The van der Waals surface area contributed by atoms with Gasteiger partial charge in [-0.1, -0.05) is 30.3 Å². The molecular formula is C14H12FNOS. The number of nitrogens with one attached hydrogen (secondary N) is 1. The van der Waals surface area contributed by atoms with E-state index in [1.807, 2.05) is 30.3 Å². The quantitative estimate of drug-likeness (QED) is 0.853. The Hall–Kier alpha value is -1.81. The molecule has 0 aromatic heterocycles. The fourth-order valence-corrected chi connectivity index (χ4v) is 2.13. The number of rotatable bonds is 4. The SMILES string of the molecule is O=C(CSc1ccccc1)Nc1ccccc1F. The van der Waals surface area contributed by atoms with Crippen LogP contribution in [0.1, 0.15) is 0 Å². The maximum atomic E-state index is 13.3. The van der Waals surface area contributed by atoms with Gasteiger partial charge in [0, 0.05) is 4.90 Å². The molecule has 2 aromatic rings. The number of carbonyl (C=O) groups is 1. The number of halogens is 1. The van der Waals surface area contributed by atoms with Crippen LogP contribution >= 0.6 is 11.8 Å². The van der Waals surface area contributed by atoms with Crippen LogP contribution in [-0.2, 0) is 4.79 Å². The Morgan fingerprint density at radius 3 is 2.44 bits per heavy atom. The molecule has 1 N–H and O–H groups in total.